The fourth-order valence-electron chi connectivity index (χ4n) is 3.67. The van der Waals surface area contributed by atoms with Crippen molar-refractivity contribution >= 4 is 29.4 Å². The van der Waals surface area contributed by atoms with Gasteiger partial charge in [0.15, 0.2) is 0 Å². The summed E-state index contributed by atoms with van der Waals surface area (Å²) in [5.74, 6) is 0.375. The Morgan fingerprint density at radius 3 is 2.47 bits per heavy atom. The summed E-state index contributed by atoms with van der Waals surface area (Å²) >= 11 is 6.37. The van der Waals surface area contributed by atoms with Gasteiger partial charge in [-0.25, -0.2) is 5.43 Å². The van der Waals surface area contributed by atoms with Crippen LogP contribution < -0.4 is 5.43 Å². The number of nitrogens with zero attached hydrogens (tertiary/aromatic N) is 3. The predicted octanol–water partition coefficient (Wildman–Crippen LogP) is 5.99. The SMILES string of the molecule is Cc1ccc([N+](=O)[O-])cc1-c1ccc(/C=N/NC(=O)c2ccc(-n3c(C)ccc3C)cc2Cl)o1. The summed E-state index contributed by atoms with van der Waals surface area (Å²) in [4.78, 5) is 23.2. The Morgan fingerprint density at radius 2 is 1.79 bits per heavy atom. The molecule has 0 saturated heterocycles. The smallest absolute Gasteiger partial charge is 0.272 e. The van der Waals surface area contributed by atoms with E-state index in [4.69, 9.17) is 16.0 Å². The van der Waals surface area contributed by atoms with Gasteiger partial charge in [-0.2, -0.15) is 5.10 Å². The van der Waals surface area contributed by atoms with E-state index in [1.165, 1.54) is 18.3 Å². The zero-order chi connectivity index (χ0) is 24.4. The van der Waals surface area contributed by atoms with Crippen molar-refractivity contribution in [1.82, 2.24) is 9.99 Å². The lowest BCUT2D eigenvalue weighted by Crippen LogP contribution is -2.18. The Balaban J connectivity index is 1.47. The number of nitrogens with one attached hydrogen (secondary N) is 1. The molecule has 4 rings (SSSR count). The average molecular weight is 477 g/mol. The Bertz CT molecular complexity index is 1420. The highest BCUT2D eigenvalue weighted by molar-refractivity contribution is 6.34. The third-order valence-electron chi connectivity index (χ3n) is 5.41. The zero-order valence-electron chi connectivity index (χ0n) is 18.7. The maximum absolute atomic E-state index is 12.5. The minimum Gasteiger partial charge on any atom is -0.455 e. The van der Waals surface area contributed by atoms with Crippen LogP contribution in [0.3, 0.4) is 0 Å². The second kappa shape index (κ2) is 9.36. The number of carbonyl (C=O) groups excluding carboxylic acids is 1. The second-order valence-corrected chi connectivity index (χ2v) is 8.18. The molecule has 0 atom stereocenters. The summed E-state index contributed by atoms with van der Waals surface area (Å²) in [6, 6.07) is 17.2. The Kier molecular flexibility index (Phi) is 6.34. The van der Waals surface area contributed by atoms with Crippen LogP contribution in [0.4, 0.5) is 5.69 Å². The minimum absolute atomic E-state index is 0.0236. The normalized spacial score (nSPS) is 11.2. The highest BCUT2D eigenvalue weighted by atomic mass is 35.5. The lowest BCUT2D eigenvalue weighted by atomic mass is 10.1. The molecule has 0 unspecified atom stereocenters. The second-order valence-electron chi connectivity index (χ2n) is 7.77. The fraction of sp³-hybridized carbons (Fsp3) is 0.120. The maximum Gasteiger partial charge on any atom is 0.272 e. The molecule has 34 heavy (non-hydrogen) atoms. The van der Waals surface area contributed by atoms with Gasteiger partial charge >= 0.3 is 0 Å². The van der Waals surface area contributed by atoms with E-state index in [0.717, 1.165) is 22.6 Å². The molecule has 1 amide bonds. The number of aromatic nitrogens is 1. The van der Waals surface area contributed by atoms with Crippen molar-refractivity contribution in [2.75, 3.05) is 0 Å². The highest BCUT2D eigenvalue weighted by Gasteiger charge is 2.14. The van der Waals surface area contributed by atoms with Gasteiger partial charge in [0, 0.05) is 34.8 Å². The van der Waals surface area contributed by atoms with Crippen LogP contribution in [0.15, 0.2) is 70.2 Å². The number of aryl methyl sites for hydroxylation is 3. The topological polar surface area (TPSA) is 103 Å². The van der Waals surface area contributed by atoms with Crippen molar-refractivity contribution in [2.45, 2.75) is 20.8 Å². The molecule has 2 aromatic heterocycles. The van der Waals surface area contributed by atoms with Crippen LogP contribution in [0.2, 0.25) is 5.02 Å². The van der Waals surface area contributed by atoms with Crippen LogP contribution in [-0.4, -0.2) is 21.6 Å². The Morgan fingerprint density at radius 1 is 1.06 bits per heavy atom. The number of furan rings is 1. The number of amides is 1. The first-order valence-electron chi connectivity index (χ1n) is 10.4. The molecule has 0 aliphatic carbocycles. The van der Waals surface area contributed by atoms with Crippen molar-refractivity contribution < 1.29 is 14.1 Å². The number of nitro benzene ring substituents is 1. The number of hydrogen-bond donors (Lipinski definition) is 1. The minimum atomic E-state index is -0.463. The van der Waals surface area contributed by atoms with Gasteiger partial charge < -0.3 is 8.98 Å². The molecule has 0 bridgehead atoms. The van der Waals surface area contributed by atoms with E-state index in [-0.39, 0.29) is 11.3 Å². The van der Waals surface area contributed by atoms with Crippen LogP contribution in [0, 0.1) is 30.9 Å². The molecule has 0 aliphatic heterocycles. The van der Waals surface area contributed by atoms with Crippen LogP contribution >= 0.6 is 11.6 Å². The summed E-state index contributed by atoms with van der Waals surface area (Å²) in [5, 5.41) is 15.3. The number of benzene rings is 2. The van der Waals surface area contributed by atoms with Gasteiger partial charge in [-0.3, -0.25) is 14.9 Å². The van der Waals surface area contributed by atoms with Gasteiger partial charge in [-0.1, -0.05) is 17.7 Å². The fourth-order valence-corrected chi connectivity index (χ4v) is 3.93. The molecular weight excluding hydrogens is 456 g/mol. The van der Waals surface area contributed by atoms with E-state index in [1.54, 1.807) is 30.3 Å². The van der Waals surface area contributed by atoms with Crippen molar-refractivity contribution in [3.05, 3.63) is 104 Å². The average Bonchev–Trinajstić information content (AvgIpc) is 3.39. The van der Waals surface area contributed by atoms with E-state index < -0.39 is 10.8 Å². The summed E-state index contributed by atoms with van der Waals surface area (Å²) in [7, 11) is 0. The number of carbonyl (C=O) groups is 1. The van der Waals surface area contributed by atoms with Crippen molar-refractivity contribution in [2.24, 2.45) is 5.10 Å². The maximum atomic E-state index is 12.5. The summed E-state index contributed by atoms with van der Waals surface area (Å²) < 4.78 is 7.77. The van der Waals surface area contributed by atoms with Crippen LogP contribution in [-0.2, 0) is 0 Å². The van der Waals surface area contributed by atoms with Gasteiger partial charge in [-0.15, -0.1) is 0 Å². The monoisotopic (exact) mass is 476 g/mol. The molecule has 172 valence electrons. The van der Waals surface area contributed by atoms with Gasteiger partial charge in [0.1, 0.15) is 11.5 Å². The third kappa shape index (κ3) is 4.62. The first-order chi connectivity index (χ1) is 16.2. The number of non-ortho nitro benzene ring substituents is 1. The number of hydrazone groups is 1. The molecular formula is C25H21ClN4O4. The van der Waals surface area contributed by atoms with E-state index in [0.29, 0.717) is 22.1 Å². The molecule has 9 heteroatoms. The van der Waals surface area contributed by atoms with E-state index in [1.807, 2.05) is 43.5 Å². The first-order valence-corrected chi connectivity index (χ1v) is 10.8. The zero-order valence-corrected chi connectivity index (χ0v) is 19.5. The van der Waals surface area contributed by atoms with Gasteiger partial charge in [0.25, 0.3) is 11.6 Å². The van der Waals surface area contributed by atoms with Gasteiger partial charge in [0.05, 0.1) is 21.7 Å². The quantitative estimate of drug-likeness (QED) is 0.210. The lowest BCUT2D eigenvalue weighted by molar-refractivity contribution is -0.384. The molecule has 8 nitrogen and oxygen atoms in total. The standard InChI is InChI=1S/C25H21ClN4O4/c1-15-4-7-19(30(32)33)12-22(15)24-11-9-20(34-24)14-27-28-25(31)21-10-8-18(13-23(21)26)29-16(2)5-6-17(29)3/h4-14H,1-3H3,(H,28,31)/b27-14+. The molecule has 4 aromatic rings. The van der Waals surface area contributed by atoms with E-state index in [9.17, 15) is 14.9 Å². The summed E-state index contributed by atoms with van der Waals surface area (Å²) in [6.45, 7) is 5.83. The molecule has 2 heterocycles. The molecule has 1 N–H and O–H groups in total. The summed E-state index contributed by atoms with van der Waals surface area (Å²) in [5.41, 5.74) is 7.14. The molecule has 0 saturated carbocycles. The third-order valence-corrected chi connectivity index (χ3v) is 5.72. The van der Waals surface area contributed by atoms with E-state index in [2.05, 4.69) is 10.5 Å². The molecule has 0 fully saturated rings. The molecule has 0 radical (unpaired) electrons. The lowest BCUT2D eigenvalue weighted by Gasteiger charge is -2.11. The van der Waals surface area contributed by atoms with Crippen molar-refractivity contribution in [1.29, 1.82) is 0 Å². The van der Waals surface area contributed by atoms with Crippen molar-refractivity contribution in [3.63, 3.8) is 0 Å². The summed E-state index contributed by atoms with van der Waals surface area (Å²) in [6.07, 6.45) is 1.35. The molecule has 0 aliphatic rings. The number of hydrogen-bond acceptors (Lipinski definition) is 5. The number of halogens is 1. The van der Waals surface area contributed by atoms with Crippen molar-refractivity contribution in [3.8, 4) is 17.0 Å². The Labute approximate surface area is 200 Å². The van der Waals surface area contributed by atoms with E-state index >= 15 is 0 Å². The van der Waals surface area contributed by atoms with Gasteiger partial charge in [-0.05, 0) is 68.8 Å². The predicted molar refractivity (Wildman–Crippen MR) is 131 cm³/mol. The van der Waals surface area contributed by atoms with Crippen LogP contribution in [0.25, 0.3) is 17.0 Å². The highest BCUT2D eigenvalue weighted by Crippen LogP contribution is 2.29. The number of nitro groups is 1. The van der Waals surface area contributed by atoms with Crippen LogP contribution in [0.1, 0.15) is 33.1 Å². The molecule has 2 aromatic carbocycles. The first kappa shape index (κ1) is 23.0. The van der Waals surface area contributed by atoms with Crippen LogP contribution in [0.5, 0.6) is 0 Å². The largest absolute Gasteiger partial charge is 0.455 e. The Hall–Kier alpha value is -4.17. The van der Waals surface area contributed by atoms with Gasteiger partial charge in [0.2, 0.25) is 0 Å². The molecule has 0 spiro atoms. The number of rotatable bonds is 6.